The highest BCUT2D eigenvalue weighted by atomic mass is 16.5. The van der Waals surface area contributed by atoms with E-state index in [2.05, 4.69) is 11.7 Å². The molecule has 0 atom stereocenters. The monoisotopic (exact) mass is 298 g/mol. The second-order valence-corrected chi connectivity index (χ2v) is 6.11. The first-order valence-corrected chi connectivity index (χ1v) is 8.02. The lowest BCUT2D eigenvalue weighted by atomic mass is 9.87. The first-order valence-electron chi connectivity index (χ1n) is 8.02. The highest BCUT2D eigenvalue weighted by Crippen LogP contribution is 2.26. The molecule has 0 aromatic rings. The van der Waals surface area contributed by atoms with Crippen LogP contribution in [0.3, 0.4) is 0 Å². The quantitative estimate of drug-likeness (QED) is 0.674. The van der Waals surface area contributed by atoms with Crippen molar-refractivity contribution in [3.05, 3.63) is 0 Å². The highest BCUT2D eigenvalue weighted by molar-refractivity contribution is 5.78. The molecule has 122 valence electrons. The molecule has 1 amide bonds. The number of esters is 1. The third kappa shape index (κ3) is 6.04. The van der Waals surface area contributed by atoms with Crippen LogP contribution in [0.25, 0.3) is 0 Å². The van der Waals surface area contributed by atoms with E-state index in [1.165, 1.54) is 20.0 Å². The molecule has 0 unspecified atom stereocenters. The molecule has 1 fully saturated rings. The summed E-state index contributed by atoms with van der Waals surface area (Å²) in [5.74, 6) is 0.716. The van der Waals surface area contributed by atoms with Crippen LogP contribution in [0.5, 0.6) is 0 Å². The molecule has 1 aliphatic rings. The van der Waals surface area contributed by atoms with Crippen molar-refractivity contribution in [1.82, 2.24) is 9.80 Å². The first kappa shape index (κ1) is 18.0. The Hall–Kier alpha value is -1.10. The molecule has 0 bridgehead atoms. The Bertz CT molecular complexity index is 338. The van der Waals surface area contributed by atoms with E-state index in [4.69, 9.17) is 0 Å². The van der Waals surface area contributed by atoms with Crippen molar-refractivity contribution in [3.63, 3.8) is 0 Å². The van der Waals surface area contributed by atoms with Gasteiger partial charge in [0, 0.05) is 19.6 Å². The molecule has 0 spiro atoms. The number of hydrogen-bond acceptors (Lipinski definition) is 4. The number of nitrogens with zero attached hydrogens (tertiary/aromatic N) is 2. The number of rotatable bonds is 7. The number of carbonyl (C=O) groups is 2. The third-order valence-electron chi connectivity index (χ3n) is 4.59. The fourth-order valence-electron chi connectivity index (χ4n) is 2.84. The van der Waals surface area contributed by atoms with Crippen LogP contribution in [-0.4, -0.2) is 61.5 Å². The molecule has 0 N–H and O–H groups in total. The second-order valence-electron chi connectivity index (χ2n) is 6.11. The van der Waals surface area contributed by atoms with E-state index in [-0.39, 0.29) is 11.9 Å². The van der Waals surface area contributed by atoms with E-state index >= 15 is 0 Å². The smallest absolute Gasteiger partial charge is 0.306 e. The Morgan fingerprint density at radius 2 is 1.81 bits per heavy atom. The van der Waals surface area contributed by atoms with Crippen molar-refractivity contribution in [2.24, 2.45) is 5.92 Å². The maximum absolute atomic E-state index is 12.4. The molecule has 0 heterocycles. The summed E-state index contributed by atoms with van der Waals surface area (Å²) in [7, 11) is 3.30. The van der Waals surface area contributed by atoms with Crippen LogP contribution >= 0.6 is 0 Å². The van der Waals surface area contributed by atoms with E-state index in [1.807, 2.05) is 23.8 Å². The van der Waals surface area contributed by atoms with Crippen LogP contribution in [0.1, 0.15) is 46.0 Å². The van der Waals surface area contributed by atoms with E-state index in [1.54, 1.807) is 0 Å². The van der Waals surface area contributed by atoms with E-state index in [9.17, 15) is 9.59 Å². The largest absolute Gasteiger partial charge is 0.469 e. The molecule has 0 radical (unpaired) electrons. The molecule has 0 aliphatic heterocycles. The van der Waals surface area contributed by atoms with Crippen LogP contribution in [-0.2, 0) is 14.3 Å². The summed E-state index contributed by atoms with van der Waals surface area (Å²) in [6.07, 6.45) is 4.97. The molecule has 1 rings (SSSR count). The van der Waals surface area contributed by atoms with Gasteiger partial charge in [0.05, 0.1) is 20.1 Å². The summed E-state index contributed by atoms with van der Waals surface area (Å²) >= 11 is 0. The van der Waals surface area contributed by atoms with Gasteiger partial charge < -0.3 is 9.64 Å². The van der Waals surface area contributed by atoms with Gasteiger partial charge in [0.25, 0.3) is 0 Å². The number of methoxy groups -OCH3 is 1. The molecule has 21 heavy (non-hydrogen) atoms. The van der Waals surface area contributed by atoms with Crippen molar-refractivity contribution in [2.45, 2.75) is 52.0 Å². The van der Waals surface area contributed by atoms with Gasteiger partial charge in [-0.3, -0.25) is 14.5 Å². The number of hydrogen-bond donors (Lipinski definition) is 0. The lowest BCUT2D eigenvalue weighted by molar-refractivity contribution is -0.142. The fourth-order valence-corrected chi connectivity index (χ4v) is 2.84. The van der Waals surface area contributed by atoms with E-state index in [0.29, 0.717) is 25.6 Å². The topological polar surface area (TPSA) is 49.9 Å². The van der Waals surface area contributed by atoms with Crippen molar-refractivity contribution in [1.29, 1.82) is 0 Å². The number of amides is 1. The van der Waals surface area contributed by atoms with Gasteiger partial charge in [-0.05, 0) is 38.1 Å². The Kier molecular flexibility index (Phi) is 7.72. The molecule has 0 aromatic heterocycles. The van der Waals surface area contributed by atoms with Crippen LogP contribution < -0.4 is 0 Å². The van der Waals surface area contributed by atoms with Gasteiger partial charge in [0.15, 0.2) is 0 Å². The predicted octanol–water partition coefficient (Wildman–Crippen LogP) is 1.91. The normalized spacial score (nSPS) is 22.1. The van der Waals surface area contributed by atoms with Gasteiger partial charge in [-0.2, -0.15) is 0 Å². The maximum atomic E-state index is 12.4. The van der Waals surface area contributed by atoms with Crippen molar-refractivity contribution >= 4 is 11.9 Å². The predicted molar refractivity (Wildman–Crippen MR) is 82.9 cm³/mol. The molecular weight excluding hydrogens is 268 g/mol. The molecular formula is C16H30N2O3. The van der Waals surface area contributed by atoms with Gasteiger partial charge in [0.2, 0.25) is 5.91 Å². The minimum atomic E-state index is -0.226. The van der Waals surface area contributed by atoms with Gasteiger partial charge in [-0.25, -0.2) is 0 Å². The number of ether oxygens (including phenoxy) is 1. The number of carbonyl (C=O) groups excluding carboxylic acids is 2. The lowest BCUT2D eigenvalue weighted by Gasteiger charge is -2.34. The minimum absolute atomic E-state index is 0.154. The zero-order valence-electron chi connectivity index (χ0n) is 13.9. The average Bonchev–Trinajstić information content (AvgIpc) is 2.50. The molecule has 5 nitrogen and oxygen atoms in total. The number of likely N-dealkylation sites (N-methyl/N-ethyl adjacent to an activating group) is 2. The van der Waals surface area contributed by atoms with Gasteiger partial charge in [-0.15, -0.1) is 0 Å². The molecule has 1 aliphatic carbocycles. The summed E-state index contributed by atoms with van der Waals surface area (Å²) in [4.78, 5) is 27.5. The Morgan fingerprint density at radius 3 is 2.33 bits per heavy atom. The van der Waals surface area contributed by atoms with Gasteiger partial charge >= 0.3 is 5.97 Å². The van der Waals surface area contributed by atoms with Crippen LogP contribution in [0.15, 0.2) is 0 Å². The van der Waals surface area contributed by atoms with Gasteiger partial charge in [0.1, 0.15) is 0 Å². The summed E-state index contributed by atoms with van der Waals surface area (Å²) in [5.41, 5.74) is 0. The zero-order valence-corrected chi connectivity index (χ0v) is 13.9. The van der Waals surface area contributed by atoms with Crippen molar-refractivity contribution in [2.75, 3.05) is 33.8 Å². The Labute approximate surface area is 128 Å². The molecule has 1 saturated carbocycles. The molecule has 0 saturated heterocycles. The SMILES string of the molecule is CCN(CCC(=O)OC)CC(=O)N(C)C1CCC(C)CC1. The zero-order chi connectivity index (χ0) is 15.8. The van der Waals surface area contributed by atoms with Crippen molar-refractivity contribution in [3.8, 4) is 0 Å². The minimum Gasteiger partial charge on any atom is -0.469 e. The second kappa shape index (κ2) is 9.03. The summed E-state index contributed by atoms with van der Waals surface area (Å²) < 4.78 is 4.64. The summed E-state index contributed by atoms with van der Waals surface area (Å²) in [6.45, 7) is 6.01. The lowest BCUT2D eigenvalue weighted by Crippen LogP contribution is -2.45. The average molecular weight is 298 g/mol. The standard InChI is InChI=1S/C16H30N2O3/c1-5-18(11-10-16(20)21-4)12-15(19)17(3)14-8-6-13(2)7-9-14/h13-14H,5-12H2,1-4H3. The summed E-state index contributed by atoms with van der Waals surface area (Å²) in [5, 5.41) is 0. The van der Waals surface area contributed by atoms with Crippen LogP contribution in [0.4, 0.5) is 0 Å². The van der Waals surface area contributed by atoms with E-state index in [0.717, 1.165) is 25.3 Å². The molecule has 5 heteroatoms. The first-order chi connectivity index (χ1) is 9.97. The Balaban J connectivity index is 2.40. The van der Waals surface area contributed by atoms with E-state index < -0.39 is 0 Å². The molecule has 0 aromatic carbocycles. The highest BCUT2D eigenvalue weighted by Gasteiger charge is 2.25. The third-order valence-corrected chi connectivity index (χ3v) is 4.59. The van der Waals surface area contributed by atoms with Crippen molar-refractivity contribution < 1.29 is 14.3 Å². The fraction of sp³-hybridized carbons (Fsp3) is 0.875. The van der Waals surface area contributed by atoms with Crippen LogP contribution in [0.2, 0.25) is 0 Å². The summed E-state index contributed by atoms with van der Waals surface area (Å²) in [6, 6.07) is 0.382. The van der Waals surface area contributed by atoms with Crippen LogP contribution in [0, 0.1) is 5.92 Å². The van der Waals surface area contributed by atoms with Gasteiger partial charge in [-0.1, -0.05) is 13.8 Å². The Morgan fingerprint density at radius 1 is 1.19 bits per heavy atom. The maximum Gasteiger partial charge on any atom is 0.306 e.